The number of amides is 2. The summed E-state index contributed by atoms with van der Waals surface area (Å²) >= 11 is 1.03. The second kappa shape index (κ2) is 9.77. The number of likely N-dealkylation sites (N-methyl/N-ethyl adjacent to an activating group) is 1. The van der Waals surface area contributed by atoms with Crippen LogP contribution in [0, 0.1) is 17.0 Å². The van der Waals surface area contributed by atoms with Crippen molar-refractivity contribution >= 4 is 44.7 Å². The highest BCUT2D eigenvalue weighted by Crippen LogP contribution is 2.32. The summed E-state index contributed by atoms with van der Waals surface area (Å²) in [6.45, 7) is 6.25. The summed E-state index contributed by atoms with van der Waals surface area (Å²) in [5, 5.41) is 14.0. The third-order valence-electron chi connectivity index (χ3n) is 5.19. The van der Waals surface area contributed by atoms with Crippen LogP contribution in [0.15, 0.2) is 29.3 Å². The number of aryl methyl sites for hydroxylation is 1. The Bertz CT molecular complexity index is 1290. The van der Waals surface area contributed by atoms with E-state index in [1.807, 2.05) is 13.8 Å². The molecule has 3 rings (SSSR count). The summed E-state index contributed by atoms with van der Waals surface area (Å²) in [4.78, 5) is 55.4. The van der Waals surface area contributed by atoms with Crippen LogP contribution in [-0.2, 0) is 11.3 Å². The maximum Gasteiger partial charge on any atom is 0.271 e. The quantitative estimate of drug-likeness (QED) is 0.392. The second-order valence-electron chi connectivity index (χ2n) is 7.08. The minimum Gasteiger partial charge on any atom is -0.495 e. The van der Waals surface area contributed by atoms with Crippen molar-refractivity contribution in [2.24, 2.45) is 0 Å². The first kappa shape index (κ1) is 23.9. The first-order valence-corrected chi connectivity index (χ1v) is 10.9. The second-order valence-corrected chi connectivity index (χ2v) is 8.07. The fourth-order valence-corrected chi connectivity index (χ4v) is 4.43. The Morgan fingerprint density at radius 3 is 2.61 bits per heavy atom. The van der Waals surface area contributed by atoms with Gasteiger partial charge in [-0.2, -0.15) is 0 Å². The number of hydrogen-bond acceptors (Lipinski definition) is 8. The van der Waals surface area contributed by atoms with Gasteiger partial charge in [-0.1, -0.05) is 0 Å². The fourth-order valence-electron chi connectivity index (χ4n) is 3.40. The number of methoxy groups -OCH3 is 1. The SMILES string of the molecule is CCN(CC)C(=O)Cn1cnc2sc(C(=O)Nc3cc([N+](=O)[O-])ccc3OC)c(C)c2c1=O. The van der Waals surface area contributed by atoms with Gasteiger partial charge < -0.3 is 15.0 Å². The highest BCUT2D eigenvalue weighted by Gasteiger charge is 2.22. The zero-order valence-electron chi connectivity index (χ0n) is 18.6. The molecule has 1 N–H and O–H groups in total. The number of ether oxygens (including phenoxy) is 1. The van der Waals surface area contributed by atoms with Gasteiger partial charge in [0.2, 0.25) is 5.91 Å². The lowest BCUT2D eigenvalue weighted by molar-refractivity contribution is -0.384. The van der Waals surface area contributed by atoms with E-state index in [1.165, 1.54) is 36.2 Å². The molecule has 33 heavy (non-hydrogen) atoms. The van der Waals surface area contributed by atoms with Crippen molar-refractivity contribution in [2.75, 3.05) is 25.5 Å². The third-order valence-corrected chi connectivity index (χ3v) is 6.39. The molecular weight excluding hydrogens is 450 g/mol. The number of fused-ring (bicyclic) bond motifs is 1. The van der Waals surface area contributed by atoms with Crippen molar-refractivity contribution in [3.8, 4) is 5.75 Å². The van der Waals surface area contributed by atoms with Gasteiger partial charge in [-0.25, -0.2) is 4.98 Å². The van der Waals surface area contributed by atoms with Gasteiger partial charge in [0.05, 0.1) is 34.3 Å². The molecule has 0 aliphatic heterocycles. The number of nitrogens with one attached hydrogen (secondary N) is 1. The highest BCUT2D eigenvalue weighted by molar-refractivity contribution is 7.20. The molecule has 12 heteroatoms. The topological polar surface area (TPSA) is 137 Å². The number of carbonyl (C=O) groups excluding carboxylic acids is 2. The Morgan fingerprint density at radius 1 is 1.30 bits per heavy atom. The van der Waals surface area contributed by atoms with Crippen LogP contribution in [0.25, 0.3) is 10.2 Å². The summed E-state index contributed by atoms with van der Waals surface area (Å²) in [5.41, 5.74) is -0.0781. The van der Waals surface area contributed by atoms with E-state index < -0.39 is 16.4 Å². The minimum atomic E-state index is -0.578. The minimum absolute atomic E-state index is 0.128. The van der Waals surface area contributed by atoms with E-state index in [-0.39, 0.29) is 39.8 Å². The first-order chi connectivity index (χ1) is 15.7. The van der Waals surface area contributed by atoms with E-state index >= 15 is 0 Å². The number of non-ortho nitro benzene ring substituents is 1. The number of hydrogen-bond donors (Lipinski definition) is 1. The highest BCUT2D eigenvalue weighted by atomic mass is 32.1. The molecule has 0 bridgehead atoms. The molecule has 1 aromatic carbocycles. The number of thiophene rings is 1. The number of benzene rings is 1. The van der Waals surface area contributed by atoms with Crippen molar-refractivity contribution in [2.45, 2.75) is 27.3 Å². The van der Waals surface area contributed by atoms with E-state index in [4.69, 9.17) is 4.74 Å². The van der Waals surface area contributed by atoms with Crippen LogP contribution in [0.5, 0.6) is 5.75 Å². The van der Waals surface area contributed by atoms with Crippen molar-refractivity contribution in [1.29, 1.82) is 0 Å². The summed E-state index contributed by atoms with van der Waals surface area (Å²) in [6.07, 6.45) is 1.30. The monoisotopic (exact) mass is 473 g/mol. The Kier molecular flexibility index (Phi) is 7.07. The molecule has 0 aliphatic rings. The van der Waals surface area contributed by atoms with Crippen LogP contribution in [-0.4, -0.2) is 51.4 Å². The van der Waals surface area contributed by atoms with Crippen LogP contribution in [0.1, 0.15) is 29.1 Å². The predicted octanol–water partition coefficient (Wildman–Crippen LogP) is 2.80. The predicted molar refractivity (Wildman–Crippen MR) is 124 cm³/mol. The average molecular weight is 474 g/mol. The summed E-state index contributed by atoms with van der Waals surface area (Å²) in [7, 11) is 1.38. The Morgan fingerprint density at radius 2 is 2.00 bits per heavy atom. The molecule has 0 aliphatic carbocycles. The number of rotatable bonds is 8. The van der Waals surface area contributed by atoms with E-state index in [9.17, 15) is 24.5 Å². The number of aromatic nitrogens is 2. The summed E-state index contributed by atoms with van der Waals surface area (Å²) in [5.74, 6) is -0.505. The summed E-state index contributed by atoms with van der Waals surface area (Å²) < 4.78 is 6.41. The molecule has 0 atom stereocenters. The third kappa shape index (κ3) is 4.70. The van der Waals surface area contributed by atoms with Crippen LogP contribution >= 0.6 is 11.3 Å². The lowest BCUT2D eigenvalue weighted by Gasteiger charge is -2.18. The van der Waals surface area contributed by atoms with Crippen LogP contribution in [0.4, 0.5) is 11.4 Å². The smallest absolute Gasteiger partial charge is 0.271 e. The molecule has 2 heterocycles. The van der Waals surface area contributed by atoms with Gasteiger partial charge in [0.25, 0.3) is 17.2 Å². The zero-order chi connectivity index (χ0) is 24.3. The first-order valence-electron chi connectivity index (χ1n) is 10.1. The summed E-state index contributed by atoms with van der Waals surface area (Å²) in [6, 6.07) is 3.85. The molecule has 11 nitrogen and oxygen atoms in total. The Hall–Kier alpha value is -3.80. The van der Waals surface area contributed by atoms with Gasteiger partial charge in [0, 0.05) is 25.2 Å². The Labute approximate surface area is 192 Å². The number of anilines is 1. The van der Waals surface area contributed by atoms with Crippen molar-refractivity contribution in [1.82, 2.24) is 14.5 Å². The van der Waals surface area contributed by atoms with Crippen molar-refractivity contribution in [3.63, 3.8) is 0 Å². The van der Waals surface area contributed by atoms with E-state index in [0.717, 1.165) is 11.3 Å². The van der Waals surface area contributed by atoms with E-state index in [2.05, 4.69) is 10.3 Å². The zero-order valence-corrected chi connectivity index (χ0v) is 19.4. The van der Waals surface area contributed by atoms with Crippen LogP contribution < -0.4 is 15.6 Å². The van der Waals surface area contributed by atoms with E-state index in [1.54, 1.807) is 11.8 Å². The Balaban J connectivity index is 1.96. The molecule has 174 valence electrons. The van der Waals surface area contributed by atoms with Gasteiger partial charge in [0.1, 0.15) is 17.1 Å². The van der Waals surface area contributed by atoms with Crippen LogP contribution in [0.3, 0.4) is 0 Å². The van der Waals surface area contributed by atoms with Gasteiger partial charge in [-0.05, 0) is 32.4 Å². The van der Waals surface area contributed by atoms with Gasteiger partial charge >= 0.3 is 0 Å². The largest absolute Gasteiger partial charge is 0.495 e. The molecule has 0 saturated carbocycles. The maximum absolute atomic E-state index is 13.0. The van der Waals surface area contributed by atoms with Gasteiger partial charge in [-0.15, -0.1) is 11.3 Å². The van der Waals surface area contributed by atoms with Gasteiger partial charge in [-0.3, -0.25) is 29.1 Å². The standard InChI is InChI=1S/C21H23N5O6S/c1-5-24(6-2)16(27)10-25-11-22-20-17(21(25)29)12(3)18(33-20)19(28)23-14-9-13(26(30)31)7-8-15(14)32-4/h7-9,11H,5-6,10H2,1-4H3,(H,23,28). The molecule has 2 aromatic heterocycles. The molecule has 0 unspecified atom stereocenters. The lowest BCUT2D eigenvalue weighted by atomic mass is 10.2. The molecule has 0 radical (unpaired) electrons. The number of nitro benzene ring substituents is 1. The molecule has 0 fully saturated rings. The molecule has 2 amide bonds. The number of carbonyl (C=O) groups is 2. The normalized spacial score (nSPS) is 10.8. The van der Waals surface area contributed by atoms with Crippen molar-refractivity contribution < 1.29 is 19.2 Å². The number of nitro groups is 1. The molecule has 3 aromatic rings. The number of nitrogens with zero attached hydrogens (tertiary/aromatic N) is 4. The fraction of sp³-hybridized carbons (Fsp3) is 0.333. The van der Waals surface area contributed by atoms with Crippen LogP contribution in [0.2, 0.25) is 0 Å². The molecular formula is C21H23N5O6S. The van der Waals surface area contributed by atoms with E-state index in [0.29, 0.717) is 23.5 Å². The average Bonchev–Trinajstić information content (AvgIpc) is 3.13. The molecule has 0 spiro atoms. The maximum atomic E-state index is 13.0. The molecule has 0 saturated heterocycles. The lowest BCUT2D eigenvalue weighted by Crippen LogP contribution is -2.36. The van der Waals surface area contributed by atoms with Gasteiger partial charge in [0.15, 0.2) is 0 Å². The van der Waals surface area contributed by atoms with Crippen molar-refractivity contribution in [3.05, 3.63) is 55.4 Å².